The van der Waals surface area contributed by atoms with Crippen LogP contribution in [0.15, 0.2) is 74.6 Å². The third kappa shape index (κ3) is 3.16. The average Bonchev–Trinajstić information content (AvgIpc) is 3.38. The lowest BCUT2D eigenvalue weighted by Crippen LogP contribution is -2.02. The van der Waals surface area contributed by atoms with Crippen LogP contribution in [0.5, 0.6) is 0 Å². The van der Waals surface area contributed by atoms with Crippen molar-refractivity contribution >= 4 is 45.2 Å². The van der Waals surface area contributed by atoms with Crippen LogP contribution >= 0.6 is 34.3 Å². The van der Waals surface area contributed by atoms with E-state index in [0.29, 0.717) is 21.9 Å². The molecule has 0 aliphatic carbocycles. The molecular weight excluding hydrogens is 412 g/mol. The van der Waals surface area contributed by atoms with Crippen LogP contribution in [-0.4, -0.2) is 9.97 Å². The molecule has 0 spiro atoms. The Bertz CT molecular complexity index is 1350. The first-order valence-electron chi connectivity index (χ1n) is 8.38. The molecule has 5 rings (SSSR count). The summed E-state index contributed by atoms with van der Waals surface area (Å²) in [5, 5.41) is 6.99. The molecule has 3 aromatic heterocycles. The molecule has 0 atom stereocenters. The summed E-state index contributed by atoms with van der Waals surface area (Å²) in [6.45, 7) is 0. The standard InChI is InChI=1S/C21H11ClN2O2S2/c22-14-7-5-12(6-8-14)16-10-27-19(23-16)20-24-17(11-28-20)15-9-13-3-1-2-4-18(13)26-21(15)25/h1-11H. The van der Waals surface area contributed by atoms with Crippen LogP contribution in [0.4, 0.5) is 0 Å². The van der Waals surface area contributed by atoms with Crippen LogP contribution in [0, 0.1) is 0 Å². The van der Waals surface area contributed by atoms with Crippen LogP contribution in [0.25, 0.3) is 43.5 Å². The number of aromatic nitrogens is 2. The molecule has 136 valence electrons. The van der Waals surface area contributed by atoms with Crippen molar-refractivity contribution in [1.29, 1.82) is 0 Å². The van der Waals surface area contributed by atoms with Gasteiger partial charge in [0.1, 0.15) is 5.58 Å². The van der Waals surface area contributed by atoms with Gasteiger partial charge in [-0.1, -0.05) is 41.9 Å². The molecule has 0 N–H and O–H groups in total. The molecule has 0 aliphatic heterocycles. The number of benzene rings is 2. The maximum Gasteiger partial charge on any atom is 0.345 e. The molecule has 3 heterocycles. The van der Waals surface area contributed by atoms with E-state index in [2.05, 4.69) is 9.97 Å². The predicted octanol–water partition coefficient (Wildman–Crippen LogP) is 6.36. The Kier molecular flexibility index (Phi) is 4.31. The van der Waals surface area contributed by atoms with Gasteiger partial charge in [-0.15, -0.1) is 22.7 Å². The highest BCUT2D eigenvalue weighted by Gasteiger charge is 2.15. The van der Waals surface area contributed by atoms with E-state index < -0.39 is 5.63 Å². The van der Waals surface area contributed by atoms with Crippen LogP contribution in [0.3, 0.4) is 0 Å². The number of hydrogen-bond acceptors (Lipinski definition) is 6. The quantitative estimate of drug-likeness (QED) is 0.317. The van der Waals surface area contributed by atoms with E-state index >= 15 is 0 Å². The second kappa shape index (κ2) is 6.98. The molecule has 7 heteroatoms. The molecule has 0 amide bonds. The van der Waals surface area contributed by atoms with Gasteiger partial charge in [-0.05, 0) is 24.3 Å². The van der Waals surface area contributed by atoms with Gasteiger partial charge in [0.15, 0.2) is 10.0 Å². The zero-order chi connectivity index (χ0) is 19.1. The average molecular weight is 423 g/mol. The zero-order valence-corrected chi connectivity index (χ0v) is 16.6. The SMILES string of the molecule is O=c1oc2ccccc2cc1-c1csc(-c2nc(-c3ccc(Cl)cc3)cs2)n1. The van der Waals surface area contributed by atoms with Gasteiger partial charge in [0.2, 0.25) is 0 Å². The lowest BCUT2D eigenvalue weighted by Gasteiger charge is -1.99. The summed E-state index contributed by atoms with van der Waals surface area (Å²) in [4.78, 5) is 21.7. The molecule has 0 unspecified atom stereocenters. The highest BCUT2D eigenvalue weighted by Crippen LogP contribution is 2.33. The fraction of sp³-hybridized carbons (Fsp3) is 0. The van der Waals surface area contributed by atoms with Crippen molar-refractivity contribution < 1.29 is 4.42 Å². The van der Waals surface area contributed by atoms with Crippen LogP contribution in [-0.2, 0) is 0 Å². The minimum atomic E-state index is -0.392. The van der Waals surface area contributed by atoms with Gasteiger partial charge < -0.3 is 4.42 Å². The molecule has 0 fully saturated rings. The van der Waals surface area contributed by atoms with Crippen molar-refractivity contribution in [2.75, 3.05) is 0 Å². The minimum absolute atomic E-state index is 0.392. The van der Waals surface area contributed by atoms with Gasteiger partial charge in [-0.2, -0.15) is 0 Å². The van der Waals surface area contributed by atoms with Gasteiger partial charge in [0, 0.05) is 26.7 Å². The first-order valence-corrected chi connectivity index (χ1v) is 10.5. The van der Waals surface area contributed by atoms with E-state index in [1.165, 1.54) is 22.7 Å². The fourth-order valence-electron chi connectivity index (χ4n) is 2.86. The van der Waals surface area contributed by atoms with Gasteiger partial charge in [0.05, 0.1) is 17.0 Å². The number of thiazole rings is 2. The summed E-state index contributed by atoms with van der Waals surface area (Å²) in [7, 11) is 0. The van der Waals surface area contributed by atoms with E-state index in [1.807, 2.05) is 59.3 Å². The lowest BCUT2D eigenvalue weighted by molar-refractivity contribution is 0.563. The highest BCUT2D eigenvalue weighted by molar-refractivity contribution is 7.20. The summed E-state index contributed by atoms with van der Waals surface area (Å²) in [5.41, 5.74) is 3.10. The Hall–Kier alpha value is -2.80. The topological polar surface area (TPSA) is 56.0 Å². The number of fused-ring (bicyclic) bond motifs is 1. The van der Waals surface area contributed by atoms with E-state index in [-0.39, 0.29) is 0 Å². The predicted molar refractivity (Wildman–Crippen MR) is 115 cm³/mol. The fourth-order valence-corrected chi connectivity index (χ4v) is 4.69. The molecule has 0 saturated heterocycles. The van der Waals surface area contributed by atoms with Gasteiger partial charge in [0.25, 0.3) is 0 Å². The van der Waals surface area contributed by atoms with Crippen LogP contribution < -0.4 is 5.63 Å². The number of para-hydroxylation sites is 1. The Morgan fingerprint density at radius 2 is 1.54 bits per heavy atom. The molecular formula is C21H11ClN2O2S2. The van der Waals surface area contributed by atoms with Crippen molar-refractivity contribution in [2.45, 2.75) is 0 Å². The van der Waals surface area contributed by atoms with Crippen molar-refractivity contribution in [2.24, 2.45) is 0 Å². The minimum Gasteiger partial charge on any atom is -0.422 e. The number of halogens is 1. The summed E-state index contributed by atoms with van der Waals surface area (Å²) >= 11 is 8.93. The highest BCUT2D eigenvalue weighted by atomic mass is 35.5. The molecule has 0 saturated carbocycles. The van der Waals surface area contributed by atoms with Gasteiger partial charge in [-0.25, -0.2) is 14.8 Å². The smallest absolute Gasteiger partial charge is 0.345 e. The van der Waals surface area contributed by atoms with E-state index in [9.17, 15) is 4.79 Å². The summed E-state index contributed by atoms with van der Waals surface area (Å²) in [6.07, 6.45) is 0. The summed E-state index contributed by atoms with van der Waals surface area (Å²) in [6, 6.07) is 16.8. The number of nitrogens with zero attached hydrogens (tertiary/aromatic N) is 2. The van der Waals surface area contributed by atoms with Gasteiger partial charge >= 0.3 is 5.63 Å². The van der Waals surface area contributed by atoms with Crippen molar-refractivity contribution in [1.82, 2.24) is 9.97 Å². The second-order valence-corrected chi connectivity index (χ2v) is 8.22. The first kappa shape index (κ1) is 17.3. The zero-order valence-electron chi connectivity index (χ0n) is 14.3. The molecule has 0 bridgehead atoms. The van der Waals surface area contributed by atoms with Gasteiger partial charge in [-0.3, -0.25) is 0 Å². The lowest BCUT2D eigenvalue weighted by atomic mass is 10.1. The van der Waals surface area contributed by atoms with Crippen LogP contribution in [0.1, 0.15) is 0 Å². The third-order valence-electron chi connectivity index (χ3n) is 4.25. The number of rotatable bonds is 3. The maximum absolute atomic E-state index is 12.4. The second-order valence-electron chi connectivity index (χ2n) is 6.07. The van der Waals surface area contributed by atoms with E-state index in [1.54, 1.807) is 6.07 Å². The Balaban J connectivity index is 1.51. The van der Waals surface area contributed by atoms with Crippen LogP contribution in [0.2, 0.25) is 5.02 Å². The molecule has 0 aliphatic rings. The molecule has 4 nitrogen and oxygen atoms in total. The van der Waals surface area contributed by atoms with Crippen molar-refractivity contribution in [3.8, 4) is 32.5 Å². The molecule has 2 aromatic carbocycles. The molecule has 28 heavy (non-hydrogen) atoms. The monoisotopic (exact) mass is 422 g/mol. The largest absolute Gasteiger partial charge is 0.422 e. The Labute approximate surface area is 172 Å². The van der Waals surface area contributed by atoms with Crippen molar-refractivity contribution in [3.63, 3.8) is 0 Å². The van der Waals surface area contributed by atoms with E-state index in [4.69, 9.17) is 16.0 Å². The first-order chi connectivity index (χ1) is 13.7. The normalized spacial score (nSPS) is 11.2. The molecule has 5 aromatic rings. The maximum atomic E-state index is 12.4. The Morgan fingerprint density at radius 1 is 0.857 bits per heavy atom. The summed E-state index contributed by atoms with van der Waals surface area (Å²) < 4.78 is 5.42. The third-order valence-corrected chi connectivity index (χ3v) is 6.33. The van der Waals surface area contributed by atoms with Crippen molar-refractivity contribution in [3.05, 3.63) is 80.8 Å². The molecule has 0 radical (unpaired) electrons. The summed E-state index contributed by atoms with van der Waals surface area (Å²) in [5.74, 6) is 0. The Morgan fingerprint density at radius 3 is 2.32 bits per heavy atom. The number of hydrogen-bond donors (Lipinski definition) is 0. The van der Waals surface area contributed by atoms with E-state index in [0.717, 1.165) is 26.7 Å².